The van der Waals surface area contributed by atoms with E-state index < -0.39 is 5.60 Å². The maximum Gasteiger partial charge on any atom is 0.227 e. The number of anilines is 2. The van der Waals surface area contributed by atoms with Gasteiger partial charge in [0.15, 0.2) is 17.0 Å². The van der Waals surface area contributed by atoms with E-state index in [0.29, 0.717) is 18.5 Å². The van der Waals surface area contributed by atoms with Crippen LogP contribution in [0, 0.1) is 0 Å². The minimum absolute atomic E-state index is 0.280. The van der Waals surface area contributed by atoms with E-state index in [4.69, 9.17) is 15.0 Å². The fraction of sp³-hybridized carbons (Fsp3) is 0.542. The Hall–Kier alpha value is -2.67. The third-order valence-electron chi connectivity index (χ3n) is 6.84. The highest BCUT2D eigenvalue weighted by Crippen LogP contribution is 2.34. The van der Waals surface area contributed by atoms with Gasteiger partial charge in [-0.05, 0) is 51.0 Å². The van der Waals surface area contributed by atoms with Crippen LogP contribution < -0.4 is 10.6 Å². The zero-order valence-corrected chi connectivity index (χ0v) is 18.2. The van der Waals surface area contributed by atoms with E-state index in [-0.39, 0.29) is 6.04 Å². The Balaban J connectivity index is 1.43. The fourth-order valence-electron chi connectivity index (χ4n) is 4.90. The van der Waals surface area contributed by atoms with Crippen molar-refractivity contribution in [2.75, 3.05) is 10.6 Å². The van der Waals surface area contributed by atoms with Crippen LogP contribution in [0.25, 0.3) is 11.2 Å². The number of hydrogen-bond donors (Lipinski definition) is 3. The lowest BCUT2D eigenvalue weighted by Gasteiger charge is -2.33. The first-order valence-electron chi connectivity index (χ1n) is 11.6. The number of fused-ring (bicyclic) bond motifs is 1. The number of aromatic nitrogens is 4. The molecule has 2 saturated carbocycles. The van der Waals surface area contributed by atoms with E-state index in [2.05, 4.69) is 27.3 Å². The molecule has 0 bridgehead atoms. The smallest absolute Gasteiger partial charge is 0.227 e. The molecule has 0 atom stereocenters. The number of hydrogen-bond acceptors (Lipinski definition) is 6. The molecule has 0 radical (unpaired) electrons. The van der Waals surface area contributed by atoms with Crippen molar-refractivity contribution in [3.63, 3.8) is 0 Å². The molecule has 2 aliphatic rings. The summed E-state index contributed by atoms with van der Waals surface area (Å²) in [5.74, 6) is 1.42. The summed E-state index contributed by atoms with van der Waals surface area (Å²) in [5.41, 5.74) is 2.39. The number of aliphatic hydroxyl groups is 1. The highest BCUT2D eigenvalue weighted by Gasteiger charge is 2.29. The molecular weight excluding hydrogens is 388 g/mol. The van der Waals surface area contributed by atoms with Gasteiger partial charge in [0.05, 0.1) is 11.9 Å². The molecule has 7 nitrogen and oxygen atoms in total. The molecule has 3 aromatic rings. The molecule has 2 aromatic heterocycles. The van der Waals surface area contributed by atoms with E-state index >= 15 is 0 Å². The quantitative estimate of drug-likeness (QED) is 0.538. The van der Waals surface area contributed by atoms with Gasteiger partial charge in [0.1, 0.15) is 0 Å². The Morgan fingerprint density at radius 3 is 2.55 bits per heavy atom. The number of nitrogens with zero attached hydrogens (tertiary/aromatic N) is 4. The molecule has 0 unspecified atom stereocenters. The van der Waals surface area contributed by atoms with Crippen molar-refractivity contribution >= 4 is 22.9 Å². The van der Waals surface area contributed by atoms with Crippen LogP contribution in [0.15, 0.2) is 36.7 Å². The Bertz CT molecular complexity index is 1020. The Kier molecular flexibility index (Phi) is 5.52. The highest BCUT2D eigenvalue weighted by molar-refractivity contribution is 5.84. The highest BCUT2D eigenvalue weighted by atomic mass is 16.3. The Morgan fingerprint density at radius 2 is 1.81 bits per heavy atom. The Labute approximate surface area is 183 Å². The van der Waals surface area contributed by atoms with Crippen LogP contribution in [0.1, 0.15) is 69.9 Å². The van der Waals surface area contributed by atoms with Crippen LogP contribution in [0.4, 0.5) is 11.8 Å². The molecule has 3 N–H and O–H groups in total. The van der Waals surface area contributed by atoms with Crippen LogP contribution in [-0.4, -0.2) is 36.3 Å². The molecule has 0 saturated heterocycles. The molecule has 1 aromatic carbocycles. The van der Waals surface area contributed by atoms with Crippen molar-refractivity contribution in [1.29, 1.82) is 0 Å². The molecule has 0 spiro atoms. The van der Waals surface area contributed by atoms with Crippen LogP contribution in [0.3, 0.4) is 0 Å². The van der Waals surface area contributed by atoms with Crippen molar-refractivity contribution in [2.45, 2.75) is 82.5 Å². The summed E-state index contributed by atoms with van der Waals surface area (Å²) >= 11 is 0. The first-order valence-corrected chi connectivity index (χ1v) is 11.6. The zero-order valence-electron chi connectivity index (χ0n) is 18.2. The van der Waals surface area contributed by atoms with E-state index in [1.54, 1.807) is 0 Å². The normalized spacial score (nSPS) is 24.5. The molecule has 164 valence electrons. The maximum absolute atomic E-state index is 10.3. The van der Waals surface area contributed by atoms with E-state index in [1.165, 1.54) is 31.2 Å². The number of nitrogens with one attached hydrogen (secondary N) is 2. The lowest BCUT2D eigenvalue weighted by molar-refractivity contribution is 0.0196. The number of benzene rings is 1. The van der Waals surface area contributed by atoms with E-state index in [9.17, 15) is 5.11 Å². The van der Waals surface area contributed by atoms with Gasteiger partial charge in [-0.1, -0.05) is 43.2 Å². The second-order valence-corrected chi connectivity index (χ2v) is 9.41. The largest absolute Gasteiger partial charge is 0.390 e. The first-order chi connectivity index (χ1) is 15.1. The summed E-state index contributed by atoms with van der Waals surface area (Å²) in [5, 5.41) is 17.3. The molecule has 2 aliphatic carbocycles. The molecule has 2 fully saturated rings. The van der Waals surface area contributed by atoms with Gasteiger partial charge in [0.2, 0.25) is 5.95 Å². The predicted octanol–water partition coefficient (Wildman–Crippen LogP) is 4.66. The Morgan fingerprint density at radius 1 is 1.06 bits per heavy atom. The van der Waals surface area contributed by atoms with Crippen LogP contribution in [0.5, 0.6) is 0 Å². The molecule has 31 heavy (non-hydrogen) atoms. The van der Waals surface area contributed by atoms with Crippen molar-refractivity contribution in [3.8, 4) is 0 Å². The summed E-state index contributed by atoms with van der Waals surface area (Å²) in [6.07, 6.45) is 10.3. The summed E-state index contributed by atoms with van der Waals surface area (Å²) in [7, 11) is 0. The predicted molar refractivity (Wildman–Crippen MR) is 123 cm³/mol. The third kappa shape index (κ3) is 4.51. The van der Waals surface area contributed by atoms with Crippen molar-refractivity contribution in [1.82, 2.24) is 19.5 Å². The molecule has 2 heterocycles. The third-order valence-corrected chi connectivity index (χ3v) is 6.84. The molecule has 7 heteroatoms. The maximum atomic E-state index is 10.3. The standard InChI is InChI=1S/C24H32N6O/c1-24(31)13-11-18(12-14-24)27-23-28-21(25-15-17-7-3-2-4-8-17)20-22(29-23)30(16-26-20)19-9-5-6-10-19/h2-4,7-8,16,18-19,31H,5-6,9-15H2,1H3,(H2,25,27,28,29). The van der Waals surface area contributed by atoms with Crippen molar-refractivity contribution in [2.24, 2.45) is 0 Å². The topological polar surface area (TPSA) is 87.9 Å². The molecule has 5 rings (SSSR count). The van der Waals surface area contributed by atoms with Gasteiger partial charge in [0.25, 0.3) is 0 Å². The lowest BCUT2D eigenvalue weighted by Crippen LogP contribution is -2.36. The summed E-state index contributed by atoms with van der Waals surface area (Å²) < 4.78 is 2.24. The monoisotopic (exact) mass is 420 g/mol. The fourth-order valence-corrected chi connectivity index (χ4v) is 4.90. The van der Waals surface area contributed by atoms with Crippen LogP contribution >= 0.6 is 0 Å². The molecular formula is C24H32N6O. The second kappa shape index (κ2) is 8.46. The number of rotatable bonds is 6. The van der Waals surface area contributed by atoms with Crippen LogP contribution in [-0.2, 0) is 6.54 Å². The van der Waals surface area contributed by atoms with Gasteiger partial charge in [0, 0.05) is 18.6 Å². The van der Waals surface area contributed by atoms with Crippen LogP contribution in [0.2, 0.25) is 0 Å². The van der Waals surface area contributed by atoms with Crippen molar-refractivity contribution in [3.05, 3.63) is 42.2 Å². The SMILES string of the molecule is CC1(O)CCC(Nc2nc(NCc3ccccc3)c3ncn(C4CCCC4)c3n2)CC1. The van der Waals surface area contributed by atoms with Gasteiger partial charge in [-0.15, -0.1) is 0 Å². The minimum Gasteiger partial charge on any atom is -0.390 e. The van der Waals surface area contributed by atoms with Gasteiger partial charge in [-0.2, -0.15) is 9.97 Å². The average Bonchev–Trinajstić information content (AvgIpc) is 3.44. The van der Waals surface area contributed by atoms with Gasteiger partial charge < -0.3 is 20.3 Å². The van der Waals surface area contributed by atoms with Crippen molar-refractivity contribution < 1.29 is 5.11 Å². The average molecular weight is 421 g/mol. The van der Waals surface area contributed by atoms with Gasteiger partial charge in [-0.25, -0.2) is 4.98 Å². The summed E-state index contributed by atoms with van der Waals surface area (Å²) in [6.45, 7) is 2.62. The van der Waals surface area contributed by atoms with E-state index in [0.717, 1.165) is 42.7 Å². The molecule has 0 amide bonds. The first kappa shape index (κ1) is 20.2. The summed E-state index contributed by atoms with van der Waals surface area (Å²) in [4.78, 5) is 14.4. The van der Waals surface area contributed by atoms with Gasteiger partial charge >= 0.3 is 0 Å². The lowest BCUT2D eigenvalue weighted by atomic mass is 9.84. The molecule has 0 aliphatic heterocycles. The van der Waals surface area contributed by atoms with E-state index in [1.807, 2.05) is 31.5 Å². The number of imidazole rings is 1. The minimum atomic E-state index is -0.549. The zero-order chi connectivity index (χ0) is 21.3. The van der Waals surface area contributed by atoms with Gasteiger partial charge in [-0.3, -0.25) is 0 Å². The second-order valence-electron chi connectivity index (χ2n) is 9.41. The summed E-state index contributed by atoms with van der Waals surface area (Å²) in [6, 6.07) is 11.1.